The molecule has 0 fully saturated rings. The summed E-state index contributed by atoms with van der Waals surface area (Å²) in [7, 11) is 1.38. The Morgan fingerprint density at radius 1 is 1.22 bits per heavy atom. The summed E-state index contributed by atoms with van der Waals surface area (Å²) >= 11 is 6.21. The number of nitrogens with zero attached hydrogens (tertiary/aromatic N) is 5. The Morgan fingerprint density at radius 2 is 2.12 bits per heavy atom. The molecule has 0 saturated heterocycles. The van der Waals surface area contributed by atoms with Crippen LogP contribution < -0.4 is 10.6 Å². The normalized spacial score (nSPS) is 16.0. The first-order chi connectivity index (χ1) is 20.0. The molecule has 41 heavy (non-hydrogen) atoms. The van der Waals surface area contributed by atoms with Gasteiger partial charge < -0.3 is 20.4 Å². The van der Waals surface area contributed by atoms with Gasteiger partial charge in [-0.15, -0.1) is 5.10 Å². The number of allylic oxidation sites excluding steroid dienone is 1. The molecule has 11 nitrogen and oxygen atoms in total. The lowest BCUT2D eigenvalue weighted by Crippen LogP contribution is -2.27. The molecule has 0 unspecified atom stereocenters. The third-order valence-corrected chi connectivity index (χ3v) is 6.83. The summed E-state index contributed by atoms with van der Waals surface area (Å²) in [6.45, 7) is 0.765. The molecule has 1 aliphatic heterocycles. The molecule has 2 aromatic heterocycles. The number of rotatable bonds is 6. The summed E-state index contributed by atoms with van der Waals surface area (Å²) in [6, 6.07) is 10.7. The van der Waals surface area contributed by atoms with Gasteiger partial charge in [0.05, 0.1) is 37.2 Å². The minimum absolute atomic E-state index is 0.191. The van der Waals surface area contributed by atoms with E-state index >= 15 is 0 Å². The van der Waals surface area contributed by atoms with Crippen LogP contribution in [0.5, 0.6) is 0 Å². The zero-order valence-electron chi connectivity index (χ0n) is 22.4. The van der Waals surface area contributed by atoms with Crippen LogP contribution in [0.1, 0.15) is 42.3 Å². The first-order valence-corrected chi connectivity index (χ1v) is 13.5. The fourth-order valence-electron chi connectivity index (χ4n) is 4.53. The highest BCUT2D eigenvalue weighted by Gasteiger charge is 2.18. The number of halogens is 1. The van der Waals surface area contributed by atoms with Crippen molar-refractivity contribution in [2.75, 3.05) is 19.0 Å². The van der Waals surface area contributed by atoms with Crippen LogP contribution >= 0.6 is 11.6 Å². The van der Waals surface area contributed by atoms with Crippen molar-refractivity contribution in [2.45, 2.75) is 31.7 Å². The van der Waals surface area contributed by atoms with E-state index in [-0.39, 0.29) is 24.3 Å². The molecule has 3 N–H and O–H groups in total. The number of benzene rings is 2. The van der Waals surface area contributed by atoms with E-state index in [0.29, 0.717) is 28.5 Å². The predicted octanol–water partition coefficient (Wildman–Crippen LogP) is 4.44. The number of carbonyl (C=O) groups is 2. The molecule has 210 valence electrons. The van der Waals surface area contributed by atoms with Crippen molar-refractivity contribution in [2.24, 2.45) is 0 Å². The minimum Gasteiger partial charge on any atom is -0.469 e. The first-order valence-electron chi connectivity index (χ1n) is 13.2. The number of amides is 1. The summed E-state index contributed by atoms with van der Waals surface area (Å²) in [5.41, 5.74) is 4.85. The highest BCUT2D eigenvalue weighted by atomic mass is 35.5. The Hall–Kier alpha value is -4.77. The van der Waals surface area contributed by atoms with Gasteiger partial charge in [-0.3, -0.25) is 9.59 Å². The zero-order valence-corrected chi connectivity index (χ0v) is 23.1. The molecule has 0 radical (unpaired) electrons. The van der Waals surface area contributed by atoms with E-state index < -0.39 is 0 Å². The van der Waals surface area contributed by atoms with Crippen molar-refractivity contribution in [1.82, 2.24) is 35.5 Å². The van der Waals surface area contributed by atoms with Crippen molar-refractivity contribution in [1.29, 1.82) is 0 Å². The SMILES string of the molecule is COC(=O)Cc1ccc2c(c1)NCCC/C=C/C[C@H](NC(=O)/C=C/c1cc(Cl)ccc1-n1cnnn1)c1ncc-2[nH]1. The number of tetrazole rings is 1. The van der Waals surface area contributed by atoms with Crippen LogP contribution in [0.25, 0.3) is 23.0 Å². The topological polar surface area (TPSA) is 140 Å². The molecule has 2 aromatic carbocycles. The van der Waals surface area contributed by atoms with Gasteiger partial charge in [-0.25, -0.2) is 4.98 Å². The maximum absolute atomic E-state index is 13.1. The molecular formula is C29H29ClN8O3. The van der Waals surface area contributed by atoms with Gasteiger partial charge in [0.2, 0.25) is 5.91 Å². The second-order valence-electron chi connectivity index (χ2n) is 9.44. The van der Waals surface area contributed by atoms with E-state index in [1.807, 2.05) is 18.2 Å². The maximum Gasteiger partial charge on any atom is 0.309 e. The van der Waals surface area contributed by atoms with Crippen molar-refractivity contribution < 1.29 is 14.3 Å². The second kappa shape index (κ2) is 13.1. The number of H-pyrrole nitrogens is 1. The standard InChI is InChI=1S/C29H29ClN8O3/c1-41-28(40)15-19-7-10-22-24(14-19)31-13-5-3-2-4-6-23(29-32-17-25(22)35-29)34-27(39)12-8-20-16-21(30)9-11-26(20)38-18-33-36-37-38/h2,4,7-12,14,16-18,23,31H,3,5-6,13,15H2,1H3,(H,32,35)(H,34,39)/b4-2+,12-8+/t23-/m0/s1. The molecule has 3 heterocycles. The molecule has 2 bridgehead atoms. The molecule has 1 amide bonds. The minimum atomic E-state index is -0.383. The Bertz CT molecular complexity index is 1580. The number of carbonyl (C=O) groups excluding carboxylic acids is 2. The first kappa shape index (κ1) is 27.8. The largest absolute Gasteiger partial charge is 0.469 e. The highest BCUT2D eigenvalue weighted by molar-refractivity contribution is 6.30. The Kier molecular flexibility index (Phi) is 8.85. The van der Waals surface area contributed by atoms with Crippen LogP contribution in [0.15, 0.2) is 67.2 Å². The van der Waals surface area contributed by atoms with Crippen LogP contribution in [0, 0.1) is 0 Å². The van der Waals surface area contributed by atoms with Crippen molar-refractivity contribution in [3.63, 3.8) is 0 Å². The maximum atomic E-state index is 13.1. The van der Waals surface area contributed by atoms with E-state index in [0.717, 1.165) is 41.9 Å². The molecule has 5 rings (SSSR count). The van der Waals surface area contributed by atoms with Gasteiger partial charge in [0.15, 0.2) is 0 Å². The number of imidazole rings is 1. The number of ether oxygens (including phenoxy) is 1. The number of nitrogens with one attached hydrogen (secondary N) is 3. The average Bonchev–Trinajstić information content (AvgIpc) is 3.68. The van der Waals surface area contributed by atoms with Crippen LogP contribution in [0.2, 0.25) is 5.02 Å². The number of hydrogen-bond acceptors (Lipinski definition) is 8. The fraction of sp³-hybridized carbons (Fsp3) is 0.241. The molecular weight excluding hydrogens is 544 g/mol. The van der Waals surface area contributed by atoms with Crippen molar-refractivity contribution in [3.05, 3.63) is 89.1 Å². The Morgan fingerprint density at radius 3 is 2.95 bits per heavy atom. The Balaban J connectivity index is 1.38. The second-order valence-corrected chi connectivity index (χ2v) is 9.88. The zero-order chi connectivity index (χ0) is 28.6. The molecule has 0 saturated carbocycles. The molecule has 1 atom stereocenters. The van der Waals surface area contributed by atoms with Crippen molar-refractivity contribution in [3.8, 4) is 16.9 Å². The lowest BCUT2D eigenvalue weighted by molar-refractivity contribution is -0.139. The predicted molar refractivity (Wildman–Crippen MR) is 155 cm³/mol. The number of aromatic nitrogens is 6. The van der Waals surface area contributed by atoms with Gasteiger partial charge in [-0.1, -0.05) is 35.9 Å². The number of esters is 1. The van der Waals surface area contributed by atoms with Gasteiger partial charge in [-0.2, -0.15) is 4.68 Å². The smallest absolute Gasteiger partial charge is 0.309 e. The molecule has 0 aliphatic carbocycles. The van der Waals surface area contributed by atoms with E-state index in [9.17, 15) is 9.59 Å². The lowest BCUT2D eigenvalue weighted by Gasteiger charge is -2.14. The summed E-state index contributed by atoms with van der Waals surface area (Å²) in [6.07, 6.45) is 13.1. The van der Waals surface area contributed by atoms with E-state index in [1.165, 1.54) is 24.2 Å². The molecule has 0 spiro atoms. The summed E-state index contributed by atoms with van der Waals surface area (Å²) in [5, 5.41) is 18.4. The average molecular weight is 573 g/mol. The van der Waals surface area contributed by atoms with E-state index in [4.69, 9.17) is 16.3 Å². The van der Waals surface area contributed by atoms with Gasteiger partial charge in [-0.05, 0) is 65.6 Å². The fourth-order valence-corrected chi connectivity index (χ4v) is 4.71. The number of fused-ring (bicyclic) bond motifs is 4. The summed E-state index contributed by atoms with van der Waals surface area (Å²) in [4.78, 5) is 32.9. The summed E-state index contributed by atoms with van der Waals surface area (Å²) < 4.78 is 6.33. The van der Waals surface area contributed by atoms with Crippen LogP contribution in [0.3, 0.4) is 0 Å². The van der Waals surface area contributed by atoms with Gasteiger partial charge in [0.1, 0.15) is 12.2 Å². The number of methoxy groups -OCH3 is 1. The Labute approximate surface area is 241 Å². The van der Waals surface area contributed by atoms with Crippen LogP contribution in [-0.4, -0.2) is 55.7 Å². The van der Waals surface area contributed by atoms with Crippen molar-refractivity contribution >= 4 is 35.2 Å². The van der Waals surface area contributed by atoms with E-state index in [1.54, 1.807) is 30.5 Å². The highest BCUT2D eigenvalue weighted by Crippen LogP contribution is 2.30. The monoisotopic (exact) mass is 572 g/mol. The molecule has 4 aromatic rings. The lowest BCUT2D eigenvalue weighted by atomic mass is 10.0. The number of anilines is 1. The third-order valence-electron chi connectivity index (χ3n) is 6.59. The quantitative estimate of drug-likeness (QED) is 0.175. The van der Waals surface area contributed by atoms with Crippen LogP contribution in [0.4, 0.5) is 5.69 Å². The van der Waals surface area contributed by atoms with Gasteiger partial charge >= 0.3 is 5.97 Å². The van der Waals surface area contributed by atoms with Gasteiger partial charge in [0.25, 0.3) is 0 Å². The third kappa shape index (κ3) is 7.06. The van der Waals surface area contributed by atoms with Gasteiger partial charge in [0, 0.05) is 34.5 Å². The summed E-state index contributed by atoms with van der Waals surface area (Å²) in [5.74, 6) is 0.0494. The van der Waals surface area contributed by atoms with Crippen LogP contribution in [-0.2, 0) is 20.7 Å². The number of aromatic amines is 1. The number of hydrogen-bond donors (Lipinski definition) is 3. The van der Waals surface area contributed by atoms with E-state index in [2.05, 4.69) is 48.3 Å². The molecule has 12 heteroatoms. The molecule has 1 aliphatic rings.